The SMILES string of the molecule is COC(=O)C(=[N+]=[N-])C(=O)N(Cc1cc2ccccc2[nH]1)C([Si](C)(C)C)[Si](C)(C)C. The van der Waals surface area contributed by atoms with Crippen molar-refractivity contribution in [2.24, 2.45) is 0 Å². The van der Waals surface area contributed by atoms with Gasteiger partial charge in [0.05, 0.1) is 29.8 Å². The molecule has 156 valence electrons. The highest BCUT2D eigenvalue weighted by Crippen LogP contribution is 2.27. The van der Waals surface area contributed by atoms with E-state index in [0.717, 1.165) is 23.7 Å². The predicted octanol–water partition coefficient (Wildman–Crippen LogP) is 3.46. The highest BCUT2D eigenvalue weighted by atomic mass is 28.4. The molecule has 7 nitrogen and oxygen atoms in total. The van der Waals surface area contributed by atoms with Crippen LogP contribution < -0.4 is 0 Å². The summed E-state index contributed by atoms with van der Waals surface area (Å²) >= 11 is 0. The molecule has 0 bridgehead atoms. The maximum atomic E-state index is 13.4. The van der Waals surface area contributed by atoms with Crippen LogP contribution in [-0.2, 0) is 20.9 Å². The third-order valence-electron chi connectivity index (χ3n) is 4.82. The van der Waals surface area contributed by atoms with E-state index in [1.165, 1.54) is 0 Å². The van der Waals surface area contributed by atoms with Gasteiger partial charge in [-0.1, -0.05) is 57.5 Å². The number of carbonyl (C=O) groups is 2. The maximum absolute atomic E-state index is 13.4. The van der Waals surface area contributed by atoms with Gasteiger partial charge in [0.25, 0.3) is 0 Å². The van der Waals surface area contributed by atoms with E-state index >= 15 is 0 Å². The molecule has 0 radical (unpaired) electrons. The fourth-order valence-corrected chi connectivity index (χ4v) is 17.0. The Morgan fingerprint density at radius 2 is 1.72 bits per heavy atom. The van der Waals surface area contributed by atoms with Crippen LogP contribution in [0.3, 0.4) is 0 Å². The zero-order valence-corrected chi connectivity index (χ0v) is 20.2. The zero-order chi connectivity index (χ0) is 22.0. The van der Waals surface area contributed by atoms with Crippen molar-refractivity contribution in [1.29, 1.82) is 0 Å². The van der Waals surface area contributed by atoms with Crippen molar-refractivity contribution in [3.05, 3.63) is 41.6 Å². The normalized spacial score (nSPS) is 12.0. The highest BCUT2D eigenvalue weighted by Gasteiger charge is 2.47. The molecule has 0 saturated heterocycles. The van der Waals surface area contributed by atoms with Crippen LogP contribution in [0.1, 0.15) is 5.69 Å². The van der Waals surface area contributed by atoms with Gasteiger partial charge in [0, 0.05) is 16.5 Å². The molecule has 1 N–H and O–H groups in total. The van der Waals surface area contributed by atoms with Crippen molar-refractivity contribution in [2.45, 2.75) is 51.1 Å². The van der Waals surface area contributed by atoms with E-state index in [1.807, 2.05) is 30.3 Å². The summed E-state index contributed by atoms with van der Waals surface area (Å²) in [6.45, 7) is 13.6. The van der Waals surface area contributed by atoms with Crippen LogP contribution in [-0.4, -0.2) is 60.8 Å². The number of rotatable bonds is 7. The Hall–Kier alpha value is -2.49. The molecule has 0 aliphatic carbocycles. The van der Waals surface area contributed by atoms with Crippen LogP contribution in [0.15, 0.2) is 30.3 Å². The molecule has 0 aliphatic rings. The Kier molecular flexibility index (Phi) is 6.67. The molecule has 2 aromatic rings. The van der Waals surface area contributed by atoms with Gasteiger partial charge in [-0.3, -0.25) is 4.79 Å². The molecular weight excluding hydrogens is 400 g/mol. The topological polar surface area (TPSA) is 98.8 Å². The number of methoxy groups -OCH3 is 1. The van der Waals surface area contributed by atoms with Crippen LogP contribution in [0.4, 0.5) is 0 Å². The van der Waals surface area contributed by atoms with Gasteiger partial charge in [-0.15, -0.1) is 0 Å². The van der Waals surface area contributed by atoms with Crippen LogP contribution in [0, 0.1) is 0 Å². The number of para-hydroxylation sites is 1. The summed E-state index contributed by atoms with van der Waals surface area (Å²) < 4.78 is 4.66. The summed E-state index contributed by atoms with van der Waals surface area (Å²) in [7, 11) is -2.60. The first-order valence-electron chi connectivity index (χ1n) is 9.58. The number of fused-ring (bicyclic) bond motifs is 1. The number of H-pyrrole nitrogens is 1. The average molecular weight is 431 g/mol. The van der Waals surface area contributed by atoms with Crippen molar-refractivity contribution in [3.63, 3.8) is 0 Å². The molecule has 1 heterocycles. The summed E-state index contributed by atoms with van der Waals surface area (Å²) in [6.07, 6.45) is 0. The molecule has 0 atom stereocenters. The van der Waals surface area contributed by atoms with Crippen LogP contribution in [0.5, 0.6) is 0 Å². The van der Waals surface area contributed by atoms with Crippen LogP contribution in [0.2, 0.25) is 39.3 Å². The maximum Gasteiger partial charge on any atom is 0.463 e. The van der Waals surface area contributed by atoms with Crippen LogP contribution >= 0.6 is 0 Å². The molecule has 1 amide bonds. The number of aromatic amines is 1. The zero-order valence-electron chi connectivity index (χ0n) is 18.2. The number of benzene rings is 1. The molecule has 0 spiro atoms. The van der Waals surface area contributed by atoms with E-state index in [2.05, 4.69) is 53.8 Å². The van der Waals surface area contributed by atoms with Crippen molar-refractivity contribution in [2.75, 3.05) is 7.11 Å². The lowest BCUT2D eigenvalue weighted by Gasteiger charge is -2.45. The van der Waals surface area contributed by atoms with Crippen molar-refractivity contribution >= 4 is 44.6 Å². The number of hydrogen-bond donors (Lipinski definition) is 1. The van der Waals surface area contributed by atoms with Gasteiger partial charge in [0.2, 0.25) is 0 Å². The fourth-order valence-electron chi connectivity index (χ4n) is 4.32. The standard InChI is InChI=1S/C20H30N4O3Si2/c1-27-19(26)17(23-21)18(25)24(20(28(2,3)4)29(5,6)7)13-15-12-14-10-8-9-11-16(14)22-15/h8-12,20,22H,13H2,1-7H3. The predicted molar refractivity (Wildman–Crippen MR) is 120 cm³/mol. The summed E-state index contributed by atoms with van der Waals surface area (Å²) in [5, 5.41) is 1.06. The van der Waals surface area contributed by atoms with Gasteiger partial charge in [-0.25, -0.2) is 4.79 Å². The van der Waals surface area contributed by atoms with Crippen LogP contribution in [0.25, 0.3) is 16.4 Å². The number of nitrogens with one attached hydrogen (secondary N) is 1. The van der Waals surface area contributed by atoms with E-state index in [-0.39, 0.29) is 5.29 Å². The number of ether oxygens (including phenoxy) is 1. The lowest BCUT2D eigenvalue weighted by Crippen LogP contribution is -2.65. The van der Waals surface area contributed by atoms with Crippen molar-refractivity contribution in [1.82, 2.24) is 9.88 Å². The van der Waals surface area contributed by atoms with Gasteiger partial charge in [0.15, 0.2) is 0 Å². The largest absolute Gasteiger partial charge is 0.463 e. The highest BCUT2D eigenvalue weighted by molar-refractivity contribution is 6.96. The minimum Gasteiger partial charge on any atom is -0.460 e. The second kappa shape index (κ2) is 8.48. The smallest absolute Gasteiger partial charge is 0.460 e. The van der Waals surface area contributed by atoms with E-state index in [4.69, 9.17) is 0 Å². The Labute approximate surface area is 173 Å². The Morgan fingerprint density at radius 3 is 2.21 bits per heavy atom. The number of carbonyl (C=O) groups excluding carboxylic acids is 2. The molecule has 1 aromatic heterocycles. The number of nitrogens with zero attached hydrogens (tertiary/aromatic N) is 3. The average Bonchev–Trinajstić information content (AvgIpc) is 3.01. The molecule has 9 heteroatoms. The number of aromatic nitrogens is 1. The van der Waals surface area contributed by atoms with Crippen molar-refractivity contribution in [3.8, 4) is 0 Å². The first-order valence-corrected chi connectivity index (χ1v) is 16.7. The second-order valence-electron chi connectivity index (χ2n) is 9.39. The van der Waals surface area contributed by atoms with E-state index < -0.39 is 33.7 Å². The Bertz CT molecular complexity index is 919. The second-order valence-corrected chi connectivity index (χ2v) is 20.5. The minimum absolute atomic E-state index is 0.00955. The summed E-state index contributed by atoms with van der Waals surface area (Å²) in [5.74, 6) is -1.54. The van der Waals surface area contributed by atoms with Gasteiger partial charge in [-0.2, -0.15) is 4.79 Å². The quantitative estimate of drug-likeness (QED) is 0.182. The Balaban J connectivity index is 2.58. The summed E-state index contributed by atoms with van der Waals surface area (Å²) in [5.41, 5.74) is 10.6. The Morgan fingerprint density at radius 1 is 1.14 bits per heavy atom. The molecular formula is C20H30N4O3Si2. The molecule has 29 heavy (non-hydrogen) atoms. The fraction of sp³-hybridized carbons (Fsp3) is 0.450. The third-order valence-corrected chi connectivity index (χ3v) is 13.9. The summed E-state index contributed by atoms with van der Waals surface area (Å²) in [4.78, 5) is 33.5. The third kappa shape index (κ3) is 5.12. The van der Waals surface area contributed by atoms with E-state index in [1.54, 1.807) is 4.90 Å². The van der Waals surface area contributed by atoms with Gasteiger partial charge < -0.3 is 20.2 Å². The molecule has 0 saturated carbocycles. The molecule has 0 fully saturated rings. The molecule has 2 rings (SSSR count). The van der Waals surface area contributed by atoms with Gasteiger partial charge in [-0.05, 0) is 17.5 Å². The molecule has 0 aliphatic heterocycles. The first-order chi connectivity index (χ1) is 13.4. The number of hydrogen-bond acceptors (Lipinski definition) is 3. The summed E-state index contributed by atoms with van der Waals surface area (Å²) in [6, 6.07) is 9.91. The van der Waals surface area contributed by atoms with Crippen molar-refractivity contribution < 1.29 is 19.1 Å². The van der Waals surface area contributed by atoms with Gasteiger partial charge in [0.1, 0.15) is 0 Å². The van der Waals surface area contributed by atoms with E-state index in [0.29, 0.717) is 6.54 Å². The van der Waals surface area contributed by atoms with E-state index in [9.17, 15) is 15.1 Å². The molecule has 1 aromatic carbocycles. The molecule has 0 unspecified atom stereocenters. The number of amides is 1. The monoisotopic (exact) mass is 430 g/mol. The first kappa shape index (κ1) is 22.8. The lowest BCUT2D eigenvalue weighted by molar-refractivity contribution is -0.142. The number of esters is 1. The minimum atomic E-state index is -1.88. The van der Waals surface area contributed by atoms with Gasteiger partial charge >= 0.3 is 17.6 Å². The lowest BCUT2D eigenvalue weighted by atomic mass is 10.2.